The molecular weight excluding hydrogens is 338 g/mol. The molecule has 0 saturated carbocycles. The molecule has 140 valence electrons. The van der Waals surface area contributed by atoms with E-state index < -0.39 is 5.92 Å². The summed E-state index contributed by atoms with van der Waals surface area (Å²) in [5.74, 6) is -0.808. The van der Waals surface area contributed by atoms with E-state index >= 15 is 0 Å². The minimum absolute atomic E-state index is 0.0963. The molecule has 1 atom stereocenters. The zero-order chi connectivity index (χ0) is 19.1. The average Bonchev–Trinajstić information content (AvgIpc) is 3.02. The molecule has 1 fully saturated rings. The van der Waals surface area contributed by atoms with Crippen LogP contribution < -0.4 is 15.5 Å². The molecule has 1 unspecified atom stereocenters. The van der Waals surface area contributed by atoms with Gasteiger partial charge in [-0.2, -0.15) is 0 Å². The number of benzene rings is 2. The molecule has 0 bridgehead atoms. The molecule has 4 rings (SSSR count). The summed E-state index contributed by atoms with van der Waals surface area (Å²) in [5, 5.41) is 0. The number of fused-ring (bicyclic) bond motifs is 1. The smallest absolute Gasteiger partial charge is 0.239 e. The average molecular weight is 363 g/mol. The van der Waals surface area contributed by atoms with Crippen molar-refractivity contribution in [3.05, 3.63) is 53.1 Å². The molecule has 27 heavy (non-hydrogen) atoms. The molecule has 2 aromatic rings. The summed E-state index contributed by atoms with van der Waals surface area (Å²) in [5.41, 5.74) is 11.8. The molecule has 2 N–H and O–H groups in total. The zero-order valence-electron chi connectivity index (χ0n) is 15.9. The van der Waals surface area contributed by atoms with Crippen LogP contribution >= 0.6 is 0 Å². The van der Waals surface area contributed by atoms with Crippen molar-refractivity contribution in [3.8, 4) is 0 Å². The third kappa shape index (κ3) is 3.07. The highest BCUT2D eigenvalue weighted by molar-refractivity contribution is 6.14. The van der Waals surface area contributed by atoms with E-state index in [1.807, 2.05) is 44.2 Å². The van der Waals surface area contributed by atoms with Gasteiger partial charge >= 0.3 is 0 Å². The lowest BCUT2D eigenvalue weighted by Crippen LogP contribution is -2.42. The summed E-state index contributed by atoms with van der Waals surface area (Å²) < 4.78 is 0. The quantitative estimate of drug-likeness (QED) is 0.658. The Morgan fingerprint density at radius 3 is 2.59 bits per heavy atom. The van der Waals surface area contributed by atoms with Gasteiger partial charge in [-0.3, -0.25) is 9.59 Å². The molecule has 2 aliphatic rings. The second kappa shape index (κ2) is 6.72. The van der Waals surface area contributed by atoms with Gasteiger partial charge < -0.3 is 15.5 Å². The maximum atomic E-state index is 13.2. The second-order valence-corrected chi connectivity index (χ2v) is 7.62. The summed E-state index contributed by atoms with van der Waals surface area (Å²) in [4.78, 5) is 29.8. The van der Waals surface area contributed by atoms with E-state index in [0.29, 0.717) is 19.5 Å². The van der Waals surface area contributed by atoms with Crippen LogP contribution in [0.2, 0.25) is 0 Å². The number of rotatable bonds is 2. The van der Waals surface area contributed by atoms with E-state index in [1.165, 1.54) is 0 Å². The Hall–Kier alpha value is -2.82. The normalized spacial score (nSPS) is 19.3. The zero-order valence-corrected chi connectivity index (χ0v) is 15.9. The number of aryl methyl sites for hydroxylation is 2. The van der Waals surface area contributed by atoms with Crippen LogP contribution in [0.25, 0.3) is 0 Å². The van der Waals surface area contributed by atoms with Gasteiger partial charge in [-0.15, -0.1) is 0 Å². The van der Waals surface area contributed by atoms with Crippen LogP contribution in [0, 0.1) is 19.8 Å². The topological polar surface area (TPSA) is 66.6 Å². The number of hydrogen-bond acceptors (Lipinski definition) is 3. The van der Waals surface area contributed by atoms with Crippen LogP contribution in [0.4, 0.5) is 17.1 Å². The fourth-order valence-electron chi connectivity index (χ4n) is 4.34. The fourth-order valence-corrected chi connectivity index (χ4v) is 4.34. The van der Waals surface area contributed by atoms with Crippen molar-refractivity contribution >= 4 is 28.9 Å². The standard InChI is InChI=1S/C22H25N3O2/c1-14-11-15(2)13-16(12-14)24-10-8-18(21(24)26)22(27)25-9-4-5-17-19(23)6-3-7-20(17)25/h3,6-7,11-13,18H,4-5,8-10,23H2,1-2H3. The van der Waals surface area contributed by atoms with Crippen LogP contribution in [0.5, 0.6) is 0 Å². The van der Waals surface area contributed by atoms with Crippen molar-refractivity contribution < 1.29 is 9.59 Å². The van der Waals surface area contributed by atoms with E-state index in [2.05, 4.69) is 6.07 Å². The molecular formula is C22H25N3O2. The minimum Gasteiger partial charge on any atom is -0.398 e. The van der Waals surface area contributed by atoms with Gasteiger partial charge in [0, 0.05) is 30.2 Å². The number of hydrogen-bond donors (Lipinski definition) is 1. The lowest BCUT2D eigenvalue weighted by atomic mass is 9.97. The summed E-state index contributed by atoms with van der Waals surface area (Å²) in [6.07, 6.45) is 2.30. The first-order chi connectivity index (χ1) is 13.0. The Morgan fingerprint density at radius 2 is 1.85 bits per heavy atom. The maximum absolute atomic E-state index is 13.2. The van der Waals surface area contributed by atoms with Gasteiger partial charge in [-0.25, -0.2) is 0 Å². The number of nitrogen functional groups attached to an aromatic ring is 1. The van der Waals surface area contributed by atoms with Crippen LogP contribution in [0.3, 0.4) is 0 Å². The third-order valence-electron chi connectivity index (χ3n) is 5.57. The predicted molar refractivity (Wildman–Crippen MR) is 108 cm³/mol. The number of amides is 2. The van der Waals surface area contributed by atoms with Gasteiger partial charge in [0.15, 0.2) is 0 Å². The Morgan fingerprint density at radius 1 is 1.11 bits per heavy atom. The molecule has 2 amide bonds. The van der Waals surface area contributed by atoms with Crippen molar-refractivity contribution in [2.45, 2.75) is 33.1 Å². The van der Waals surface area contributed by atoms with Crippen molar-refractivity contribution in [1.29, 1.82) is 0 Å². The number of nitrogens with two attached hydrogens (primary N) is 1. The molecule has 0 aromatic heterocycles. The second-order valence-electron chi connectivity index (χ2n) is 7.62. The highest BCUT2D eigenvalue weighted by Crippen LogP contribution is 2.34. The van der Waals surface area contributed by atoms with Crippen molar-refractivity contribution in [3.63, 3.8) is 0 Å². The Balaban J connectivity index is 1.60. The molecule has 0 radical (unpaired) electrons. The van der Waals surface area contributed by atoms with Crippen LogP contribution in [-0.2, 0) is 16.0 Å². The number of carbonyl (C=O) groups is 2. The molecule has 5 heteroatoms. The summed E-state index contributed by atoms with van der Waals surface area (Å²) >= 11 is 0. The van der Waals surface area contributed by atoms with Crippen molar-refractivity contribution in [2.75, 3.05) is 28.6 Å². The molecule has 2 heterocycles. The molecule has 2 aliphatic heterocycles. The maximum Gasteiger partial charge on any atom is 0.239 e. The Kier molecular flexibility index (Phi) is 4.38. The lowest BCUT2D eigenvalue weighted by Gasteiger charge is -2.31. The molecule has 0 spiro atoms. The first-order valence-electron chi connectivity index (χ1n) is 9.54. The van der Waals surface area contributed by atoms with E-state index in [1.54, 1.807) is 9.80 Å². The number of carbonyl (C=O) groups excluding carboxylic acids is 2. The van der Waals surface area contributed by atoms with Crippen LogP contribution in [0.15, 0.2) is 36.4 Å². The SMILES string of the molecule is Cc1cc(C)cc(N2CCC(C(=O)N3CCCc4c(N)cccc43)C2=O)c1. The Labute approximate surface area is 159 Å². The van der Waals surface area contributed by atoms with Gasteiger partial charge in [-0.05, 0) is 74.1 Å². The largest absolute Gasteiger partial charge is 0.398 e. The monoisotopic (exact) mass is 363 g/mol. The number of anilines is 3. The summed E-state index contributed by atoms with van der Waals surface area (Å²) in [6.45, 7) is 5.27. The fraction of sp³-hybridized carbons (Fsp3) is 0.364. The molecule has 1 saturated heterocycles. The van der Waals surface area contributed by atoms with E-state index in [9.17, 15) is 9.59 Å². The van der Waals surface area contributed by atoms with Gasteiger partial charge in [0.2, 0.25) is 11.8 Å². The highest BCUT2D eigenvalue weighted by atomic mass is 16.2. The summed E-state index contributed by atoms with van der Waals surface area (Å²) in [6, 6.07) is 11.8. The number of nitrogens with zero attached hydrogens (tertiary/aromatic N) is 2. The first-order valence-corrected chi connectivity index (χ1v) is 9.54. The van der Waals surface area contributed by atoms with Crippen LogP contribution in [0.1, 0.15) is 29.5 Å². The minimum atomic E-state index is -0.613. The van der Waals surface area contributed by atoms with E-state index in [-0.39, 0.29) is 11.8 Å². The van der Waals surface area contributed by atoms with Gasteiger partial charge in [0.05, 0.1) is 0 Å². The lowest BCUT2D eigenvalue weighted by molar-refractivity contribution is -0.130. The summed E-state index contributed by atoms with van der Waals surface area (Å²) in [7, 11) is 0. The third-order valence-corrected chi connectivity index (χ3v) is 5.57. The molecule has 2 aromatic carbocycles. The van der Waals surface area contributed by atoms with E-state index in [0.717, 1.165) is 46.6 Å². The van der Waals surface area contributed by atoms with Gasteiger partial charge in [0.1, 0.15) is 5.92 Å². The first kappa shape index (κ1) is 17.6. The molecule has 0 aliphatic carbocycles. The highest BCUT2D eigenvalue weighted by Gasteiger charge is 2.41. The van der Waals surface area contributed by atoms with Gasteiger partial charge in [0.25, 0.3) is 0 Å². The Bertz CT molecular complexity index is 902. The van der Waals surface area contributed by atoms with Crippen molar-refractivity contribution in [1.82, 2.24) is 0 Å². The van der Waals surface area contributed by atoms with Crippen LogP contribution in [-0.4, -0.2) is 24.9 Å². The van der Waals surface area contributed by atoms with Crippen molar-refractivity contribution in [2.24, 2.45) is 5.92 Å². The van der Waals surface area contributed by atoms with Gasteiger partial charge in [-0.1, -0.05) is 12.1 Å². The molecule has 5 nitrogen and oxygen atoms in total. The van der Waals surface area contributed by atoms with E-state index in [4.69, 9.17) is 5.73 Å². The predicted octanol–water partition coefficient (Wildman–Crippen LogP) is 3.22.